The maximum Gasteiger partial charge on any atom is 0.0754 e. The Morgan fingerprint density at radius 2 is 2.06 bits per heavy atom. The van der Waals surface area contributed by atoms with Gasteiger partial charge in [-0.25, -0.2) is 0 Å². The molecule has 0 saturated heterocycles. The lowest BCUT2D eigenvalue weighted by molar-refractivity contribution is 0.875. The first kappa shape index (κ1) is 11.9. The van der Waals surface area contributed by atoms with Crippen molar-refractivity contribution in [3.63, 3.8) is 0 Å². The topological polar surface area (TPSA) is 50.9 Å². The molecule has 1 heterocycles. The maximum atomic E-state index is 5.50. The van der Waals surface area contributed by atoms with E-state index in [1.807, 2.05) is 12.3 Å². The van der Waals surface area contributed by atoms with Gasteiger partial charge in [-0.05, 0) is 44.0 Å². The van der Waals surface area contributed by atoms with Crippen molar-refractivity contribution in [2.24, 2.45) is 5.73 Å². The average Bonchev–Trinajstić information content (AvgIpc) is 2.35. The molecule has 0 saturated carbocycles. The van der Waals surface area contributed by atoms with Crippen molar-refractivity contribution in [1.29, 1.82) is 0 Å². The normalized spacial score (nSPS) is 10.8. The van der Waals surface area contributed by atoms with Gasteiger partial charge in [0, 0.05) is 23.8 Å². The number of nitrogens with two attached hydrogens (primary N) is 1. The molecule has 2 rings (SSSR count). The highest BCUT2D eigenvalue weighted by molar-refractivity contribution is 5.93. The molecular formula is C14H19N3. The van der Waals surface area contributed by atoms with Crippen LogP contribution in [0.25, 0.3) is 10.9 Å². The third-order valence-electron chi connectivity index (χ3n) is 3.13. The minimum Gasteiger partial charge on any atom is -0.384 e. The fraction of sp³-hybridized carbons (Fsp3) is 0.357. The van der Waals surface area contributed by atoms with Crippen molar-refractivity contribution in [1.82, 2.24) is 4.98 Å². The fourth-order valence-electron chi connectivity index (χ4n) is 1.94. The Labute approximate surface area is 102 Å². The van der Waals surface area contributed by atoms with Gasteiger partial charge in [0.15, 0.2) is 0 Å². The van der Waals surface area contributed by atoms with Crippen LogP contribution >= 0.6 is 0 Å². The molecule has 1 aromatic heterocycles. The monoisotopic (exact) mass is 229 g/mol. The van der Waals surface area contributed by atoms with E-state index >= 15 is 0 Å². The molecule has 0 atom stereocenters. The summed E-state index contributed by atoms with van der Waals surface area (Å²) in [4.78, 5) is 4.47. The quantitative estimate of drug-likeness (QED) is 0.792. The van der Waals surface area contributed by atoms with Crippen molar-refractivity contribution in [2.45, 2.75) is 20.3 Å². The first-order valence-electron chi connectivity index (χ1n) is 6.03. The van der Waals surface area contributed by atoms with Gasteiger partial charge in [-0.1, -0.05) is 12.1 Å². The third-order valence-corrected chi connectivity index (χ3v) is 3.13. The van der Waals surface area contributed by atoms with E-state index in [4.69, 9.17) is 5.73 Å². The van der Waals surface area contributed by atoms with E-state index in [0.717, 1.165) is 24.2 Å². The van der Waals surface area contributed by atoms with Crippen molar-refractivity contribution in [2.75, 3.05) is 18.4 Å². The van der Waals surface area contributed by atoms with Crippen LogP contribution in [0.4, 0.5) is 5.69 Å². The number of fused-ring (bicyclic) bond motifs is 1. The predicted octanol–water partition coefficient (Wildman–Crippen LogP) is 2.61. The highest BCUT2D eigenvalue weighted by Crippen LogP contribution is 2.25. The summed E-state index contributed by atoms with van der Waals surface area (Å²) in [5.74, 6) is 0. The van der Waals surface area contributed by atoms with E-state index in [1.54, 1.807) is 0 Å². The van der Waals surface area contributed by atoms with Gasteiger partial charge in [-0.15, -0.1) is 0 Å². The van der Waals surface area contributed by atoms with E-state index in [0.29, 0.717) is 6.54 Å². The highest BCUT2D eigenvalue weighted by atomic mass is 14.9. The van der Waals surface area contributed by atoms with Gasteiger partial charge in [-0.2, -0.15) is 0 Å². The van der Waals surface area contributed by atoms with Crippen LogP contribution in [0.2, 0.25) is 0 Å². The molecule has 17 heavy (non-hydrogen) atoms. The molecule has 3 heteroatoms. The van der Waals surface area contributed by atoms with Crippen LogP contribution in [0, 0.1) is 13.8 Å². The molecule has 0 unspecified atom stereocenters. The average molecular weight is 229 g/mol. The number of nitrogens with zero attached hydrogens (tertiary/aromatic N) is 1. The van der Waals surface area contributed by atoms with Crippen LogP contribution in [0.1, 0.15) is 17.5 Å². The predicted molar refractivity (Wildman–Crippen MR) is 73.4 cm³/mol. The summed E-state index contributed by atoms with van der Waals surface area (Å²) in [6, 6.07) is 6.30. The third kappa shape index (κ3) is 2.39. The Morgan fingerprint density at radius 1 is 1.24 bits per heavy atom. The number of aromatic nitrogens is 1. The number of hydrogen-bond donors (Lipinski definition) is 2. The van der Waals surface area contributed by atoms with Crippen LogP contribution in [-0.2, 0) is 0 Å². The summed E-state index contributed by atoms with van der Waals surface area (Å²) in [7, 11) is 0. The van der Waals surface area contributed by atoms with Crippen LogP contribution in [-0.4, -0.2) is 18.1 Å². The Bertz CT molecular complexity index is 520. The maximum absolute atomic E-state index is 5.50. The summed E-state index contributed by atoms with van der Waals surface area (Å²) < 4.78 is 0. The number of anilines is 1. The second-order valence-electron chi connectivity index (χ2n) is 4.33. The molecule has 0 spiro atoms. The lowest BCUT2D eigenvalue weighted by atomic mass is 10.0. The van der Waals surface area contributed by atoms with Crippen molar-refractivity contribution in [3.8, 4) is 0 Å². The molecule has 0 aliphatic rings. The largest absolute Gasteiger partial charge is 0.384 e. The number of pyridine rings is 1. The number of benzene rings is 1. The Balaban J connectivity index is 2.40. The first-order chi connectivity index (χ1) is 8.24. The zero-order valence-corrected chi connectivity index (χ0v) is 10.5. The summed E-state index contributed by atoms with van der Waals surface area (Å²) in [5, 5.41) is 4.60. The lowest BCUT2D eigenvalue weighted by Gasteiger charge is -2.11. The second-order valence-corrected chi connectivity index (χ2v) is 4.33. The van der Waals surface area contributed by atoms with Gasteiger partial charge >= 0.3 is 0 Å². The van der Waals surface area contributed by atoms with Crippen LogP contribution in [0.15, 0.2) is 24.4 Å². The number of hydrogen-bond acceptors (Lipinski definition) is 3. The van der Waals surface area contributed by atoms with Gasteiger partial charge in [0.2, 0.25) is 0 Å². The number of nitrogens with one attached hydrogen (secondary N) is 1. The second kappa shape index (κ2) is 5.15. The fourth-order valence-corrected chi connectivity index (χ4v) is 1.94. The van der Waals surface area contributed by atoms with Gasteiger partial charge in [0.25, 0.3) is 0 Å². The standard InChI is InChI=1S/C14H19N3/c1-10-4-5-12-13(16-8-3-7-15)6-9-17-14(12)11(10)2/h4-6,9H,3,7-8,15H2,1-2H3,(H,16,17). The molecule has 0 aliphatic heterocycles. The van der Waals surface area contributed by atoms with Crippen LogP contribution in [0.5, 0.6) is 0 Å². The molecule has 0 fully saturated rings. The SMILES string of the molecule is Cc1ccc2c(NCCCN)ccnc2c1C. The van der Waals surface area contributed by atoms with E-state index in [9.17, 15) is 0 Å². The van der Waals surface area contributed by atoms with Gasteiger partial charge < -0.3 is 11.1 Å². The Kier molecular flexibility index (Phi) is 3.59. The number of aryl methyl sites for hydroxylation is 2. The van der Waals surface area contributed by atoms with Crippen molar-refractivity contribution in [3.05, 3.63) is 35.5 Å². The molecule has 2 aromatic rings. The van der Waals surface area contributed by atoms with Gasteiger partial charge in [0.05, 0.1) is 5.52 Å². The lowest BCUT2D eigenvalue weighted by Crippen LogP contribution is -2.08. The Morgan fingerprint density at radius 3 is 2.82 bits per heavy atom. The van der Waals surface area contributed by atoms with E-state index in [-0.39, 0.29) is 0 Å². The number of rotatable bonds is 4. The molecule has 1 aromatic carbocycles. The minimum absolute atomic E-state index is 0.716. The molecule has 0 radical (unpaired) electrons. The van der Waals surface area contributed by atoms with Crippen LogP contribution < -0.4 is 11.1 Å². The molecular weight excluding hydrogens is 210 g/mol. The molecule has 0 aliphatic carbocycles. The zero-order valence-electron chi connectivity index (χ0n) is 10.5. The summed E-state index contributed by atoms with van der Waals surface area (Å²) in [6.07, 6.45) is 2.84. The summed E-state index contributed by atoms with van der Waals surface area (Å²) in [5.41, 5.74) is 10.3. The molecule has 90 valence electrons. The van der Waals surface area contributed by atoms with E-state index in [1.165, 1.54) is 16.5 Å². The van der Waals surface area contributed by atoms with Gasteiger partial charge in [0.1, 0.15) is 0 Å². The Hall–Kier alpha value is -1.61. The molecule has 0 bridgehead atoms. The van der Waals surface area contributed by atoms with E-state index in [2.05, 4.69) is 36.3 Å². The molecule has 3 N–H and O–H groups in total. The molecule has 0 amide bonds. The van der Waals surface area contributed by atoms with Crippen molar-refractivity contribution < 1.29 is 0 Å². The van der Waals surface area contributed by atoms with Crippen LogP contribution in [0.3, 0.4) is 0 Å². The summed E-state index contributed by atoms with van der Waals surface area (Å²) in [6.45, 7) is 5.86. The highest BCUT2D eigenvalue weighted by Gasteiger charge is 2.05. The van der Waals surface area contributed by atoms with Gasteiger partial charge in [-0.3, -0.25) is 4.98 Å². The zero-order chi connectivity index (χ0) is 12.3. The van der Waals surface area contributed by atoms with E-state index < -0.39 is 0 Å². The smallest absolute Gasteiger partial charge is 0.0754 e. The molecule has 3 nitrogen and oxygen atoms in total. The summed E-state index contributed by atoms with van der Waals surface area (Å²) >= 11 is 0. The van der Waals surface area contributed by atoms with Crippen molar-refractivity contribution >= 4 is 16.6 Å². The first-order valence-corrected chi connectivity index (χ1v) is 6.03. The minimum atomic E-state index is 0.716.